The fraction of sp³-hybridized carbons (Fsp3) is 0.368. The van der Waals surface area contributed by atoms with Crippen molar-refractivity contribution >= 4 is 28.8 Å². The second kappa shape index (κ2) is 12.5. The van der Waals surface area contributed by atoms with Gasteiger partial charge in [-0.25, -0.2) is 0 Å². The SMILES string of the molecule is CC1(C)CCC(C)(C)c2cc(N(c3ccc4c(c3)C(C)(C)c3ccccc3-4)c3ccc4c(c3)C3(c5cccc(-c6ccccc6)c5S4)C4CC5CC(C4)CC3C5)ccc21. The Kier molecular flexibility index (Phi) is 7.70. The highest BCUT2D eigenvalue weighted by atomic mass is 32.2. The van der Waals surface area contributed by atoms with Gasteiger partial charge in [-0.3, -0.25) is 0 Å². The molecule has 6 aromatic carbocycles. The van der Waals surface area contributed by atoms with Crippen LogP contribution in [0.3, 0.4) is 0 Å². The van der Waals surface area contributed by atoms with E-state index in [0.29, 0.717) is 11.8 Å². The summed E-state index contributed by atoms with van der Waals surface area (Å²) in [6.07, 6.45) is 9.37. The predicted octanol–water partition coefficient (Wildman–Crippen LogP) is 15.7. The van der Waals surface area contributed by atoms with Crippen LogP contribution < -0.4 is 4.90 Å². The van der Waals surface area contributed by atoms with Crippen molar-refractivity contribution in [3.63, 3.8) is 0 Å². The van der Waals surface area contributed by atoms with Crippen molar-refractivity contribution in [2.75, 3.05) is 4.90 Å². The Morgan fingerprint density at radius 1 is 0.458 bits per heavy atom. The standard InChI is InChI=1S/C57H57NS/c1-54(2)25-26-55(3,4)50-33-41(20-23-47(50)54)58(40-19-22-45-44-15-10-11-17-46(44)56(5,6)49(45)32-40)42-21-24-52-51(34-42)57(38-28-35-27-36(30-38)31-39(57)29-35)48-18-12-16-43(53(48)59-52)37-13-8-7-9-14-37/h7-24,32-36,38-39H,25-31H2,1-6H3. The summed E-state index contributed by atoms with van der Waals surface area (Å²) in [5.41, 5.74) is 18.7. The van der Waals surface area contributed by atoms with E-state index in [0.717, 1.165) is 11.8 Å². The molecule has 1 spiro atoms. The Morgan fingerprint density at radius 3 is 1.75 bits per heavy atom. The van der Waals surface area contributed by atoms with Gasteiger partial charge in [0.2, 0.25) is 0 Å². The molecule has 7 aliphatic rings. The van der Waals surface area contributed by atoms with Gasteiger partial charge in [0, 0.05) is 37.7 Å². The molecule has 6 aromatic rings. The Labute approximate surface area is 356 Å². The highest BCUT2D eigenvalue weighted by Crippen LogP contribution is 2.70. The average Bonchev–Trinajstić information content (AvgIpc) is 3.46. The van der Waals surface area contributed by atoms with Crippen LogP contribution >= 0.6 is 11.8 Å². The molecule has 1 aliphatic heterocycles. The summed E-state index contributed by atoms with van der Waals surface area (Å²) in [5, 5.41) is 0. The van der Waals surface area contributed by atoms with Crippen molar-refractivity contribution in [2.45, 2.75) is 118 Å². The fourth-order valence-electron chi connectivity index (χ4n) is 13.9. The van der Waals surface area contributed by atoms with Crippen molar-refractivity contribution in [2.24, 2.45) is 23.7 Å². The summed E-state index contributed by atoms with van der Waals surface area (Å²) in [6, 6.07) is 50.2. The lowest BCUT2D eigenvalue weighted by molar-refractivity contribution is -0.0443. The van der Waals surface area contributed by atoms with Crippen LogP contribution in [0.25, 0.3) is 22.3 Å². The third-order valence-electron chi connectivity index (χ3n) is 16.8. The first-order valence-corrected chi connectivity index (χ1v) is 23.5. The van der Waals surface area contributed by atoms with E-state index in [2.05, 4.69) is 174 Å². The summed E-state index contributed by atoms with van der Waals surface area (Å²) in [5.74, 6) is 3.14. The van der Waals surface area contributed by atoms with Gasteiger partial charge in [0.15, 0.2) is 0 Å². The molecule has 4 saturated carbocycles. The topological polar surface area (TPSA) is 3.24 Å². The summed E-state index contributed by atoms with van der Waals surface area (Å²) in [4.78, 5) is 5.61. The molecule has 0 radical (unpaired) electrons. The molecule has 1 heterocycles. The van der Waals surface area contributed by atoms with Gasteiger partial charge in [0.25, 0.3) is 0 Å². The second-order valence-electron chi connectivity index (χ2n) is 21.2. The third kappa shape index (κ3) is 5.11. The van der Waals surface area contributed by atoms with Crippen LogP contribution in [0.4, 0.5) is 17.1 Å². The Balaban J connectivity index is 1.09. The number of hydrogen-bond acceptors (Lipinski definition) is 2. The van der Waals surface area contributed by atoms with Crippen molar-refractivity contribution in [1.29, 1.82) is 0 Å². The highest BCUT2D eigenvalue weighted by Gasteiger charge is 2.61. The quantitative estimate of drug-likeness (QED) is 0.175. The lowest BCUT2D eigenvalue weighted by Crippen LogP contribution is -2.57. The second-order valence-corrected chi connectivity index (χ2v) is 22.3. The minimum absolute atomic E-state index is 0.0270. The lowest BCUT2D eigenvalue weighted by atomic mass is 9.42. The van der Waals surface area contributed by atoms with E-state index in [9.17, 15) is 0 Å². The zero-order chi connectivity index (χ0) is 40.1. The molecule has 296 valence electrons. The molecule has 1 nitrogen and oxygen atoms in total. The van der Waals surface area contributed by atoms with Gasteiger partial charge < -0.3 is 4.90 Å². The molecule has 6 aliphatic carbocycles. The zero-order valence-electron chi connectivity index (χ0n) is 35.7. The van der Waals surface area contributed by atoms with Crippen molar-refractivity contribution in [1.82, 2.24) is 0 Å². The number of hydrogen-bond donors (Lipinski definition) is 0. The number of anilines is 3. The minimum Gasteiger partial charge on any atom is -0.310 e. The normalized spacial score (nSPS) is 26.7. The first-order valence-electron chi connectivity index (χ1n) is 22.6. The maximum atomic E-state index is 2.70. The van der Waals surface area contributed by atoms with Crippen molar-refractivity contribution < 1.29 is 0 Å². The first kappa shape index (κ1) is 36.3. The van der Waals surface area contributed by atoms with Gasteiger partial charge in [-0.15, -0.1) is 0 Å². The van der Waals surface area contributed by atoms with Crippen molar-refractivity contribution in [3.8, 4) is 22.3 Å². The van der Waals surface area contributed by atoms with E-state index in [-0.39, 0.29) is 21.7 Å². The van der Waals surface area contributed by atoms with E-state index in [1.807, 2.05) is 11.8 Å². The van der Waals surface area contributed by atoms with Crippen LogP contribution in [0.1, 0.15) is 120 Å². The third-order valence-corrected chi connectivity index (χ3v) is 18.0. The van der Waals surface area contributed by atoms with Gasteiger partial charge in [0.1, 0.15) is 0 Å². The summed E-state index contributed by atoms with van der Waals surface area (Å²) < 4.78 is 0. The number of fused-ring (bicyclic) bond motifs is 6. The maximum Gasteiger partial charge on any atom is 0.0465 e. The van der Waals surface area contributed by atoms with Crippen molar-refractivity contribution in [3.05, 3.63) is 161 Å². The monoisotopic (exact) mass is 787 g/mol. The van der Waals surface area contributed by atoms with Gasteiger partial charge in [0.05, 0.1) is 0 Å². The van der Waals surface area contributed by atoms with Crippen LogP contribution in [-0.2, 0) is 21.7 Å². The average molecular weight is 788 g/mol. The maximum absolute atomic E-state index is 2.70. The van der Waals surface area contributed by atoms with Gasteiger partial charge in [-0.2, -0.15) is 0 Å². The molecule has 0 saturated heterocycles. The molecule has 0 aromatic heterocycles. The zero-order valence-corrected chi connectivity index (χ0v) is 36.6. The van der Waals surface area contributed by atoms with E-state index < -0.39 is 0 Å². The summed E-state index contributed by atoms with van der Waals surface area (Å²) in [6.45, 7) is 14.7. The molecule has 4 bridgehead atoms. The largest absolute Gasteiger partial charge is 0.310 e. The molecule has 4 fully saturated rings. The van der Waals surface area contributed by atoms with Crippen LogP contribution in [0, 0.1) is 23.7 Å². The van der Waals surface area contributed by atoms with Gasteiger partial charge in [-0.05, 0) is 178 Å². The van der Waals surface area contributed by atoms with E-state index in [4.69, 9.17) is 0 Å². The number of rotatable bonds is 4. The highest BCUT2D eigenvalue weighted by molar-refractivity contribution is 7.99. The van der Waals surface area contributed by atoms with Crippen LogP contribution in [-0.4, -0.2) is 0 Å². The minimum atomic E-state index is -0.0768. The molecule has 0 unspecified atom stereocenters. The predicted molar refractivity (Wildman–Crippen MR) is 248 cm³/mol. The molecule has 2 heteroatoms. The molecule has 0 amide bonds. The van der Waals surface area contributed by atoms with E-state index in [1.54, 1.807) is 11.1 Å². The first-order chi connectivity index (χ1) is 28.4. The van der Waals surface area contributed by atoms with E-state index in [1.165, 1.54) is 116 Å². The van der Waals surface area contributed by atoms with Gasteiger partial charge >= 0.3 is 0 Å². The summed E-state index contributed by atoms with van der Waals surface area (Å²) in [7, 11) is 0. The molecule has 59 heavy (non-hydrogen) atoms. The fourth-order valence-corrected chi connectivity index (χ4v) is 15.3. The molecular weight excluding hydrogens is 731 g/mol. The van der Waals surface area contributed by atoms with Crippen LogP contribution in [0.5, 0.6) is 0 Å². The Bertz CT molecular complexity index is 2670. The summed E-state index contributed by atoms with van der Waals surface area (Å²) >= 11 is 2.04. The van der Waals surface area contributed by atoms with Gasteiger partial charge in [-0.1, -0.05) is 138 Å². The van der Waals surface area contributed by atoms with E-state index >= 15 is 0 Å². The lowest BCUT2D eigenvalue weighted by Gasteiger charge is -2.63. The van der Waals surface area contributed by atoms with Crippen LogP contribution in [0.15, 0.2) is 137 Å². The molecule has 13 rings (SSSR count). The van der Waals surface area contributed by atoms with Crippen LogP contribution in [0.2, 0.25) is 0 Å². The molecule has 0 atom stereocenters. The molecular formula is C57H57NS. The smallest absolute Gasteiger partial charge is 0.0465 e. The number of nitrogens with zero attached hydrogens (tertiary/aromatic N) is 1. The Morgan fingerprint density at radius 2 is 1.02 bits per heavy atom. The Hall–Kier alpha value is -4.53. The number of benzene rings is 6. The molecule has 0 N–H and O–H groups in total.